The molecule has 2 heteroatoms. The monoisotopic (exact) mass is 385 g/mol. The molecule has 3 fully saturated rings. The molecule has 2 nitrogen and oxygen atoms in total. The molecule has 4 rings (SSSR count). The molecule has 28 heavy (non-hydrogen) atoms. The van der Waals surface area contributed by atoms with Crippen molar-refractivity contribution >= 4 is 0 Å². The van der Waals surface area contributed by atoms with E-state index in [2.05, 4.69) is 37.4 Å². The molecule has 7 atom stereocenters. The summed E-state index contributed by atoms with van der Waals surface area (Å²) in [6.45, 7) is 6.66. The first-order valence-electron chi connectivity index (χ1n) is 12.1. The van der Waals surface area contributed by atoms with Crippen LogP contribution in [-0.4, -0.2) is 25.3 Å². The van der Waals surface area contributed by atoms with E-state index in [1.54, 1.807) is 5.57 Å². The van der Waals surface area contributed by atoms with Gasteiger partial charge in [-0.25, -0.2) is 0 Å². The Labute approximate surface area is 173 Å². The van der Waals surface area contributed by atoms with Gasteiger partial charge in [-0.3, -0.25) is 0 Å². The summed E-state index contributed by atoms with van der Waals surface area (Å²) in [4.78, 5) is 0. The van der Waals surface area contributed by atoms with Gasteiger partial charge in [0.2, 0.25) is 0 Å². The van der Waals surface area contributed by atoms with Crippen LogP contribution in [0.25, 0.3) is 0 Å². The van der Waals surface area contributed by atoms with Crippen molar-refractivity contribution in [3.05, 3.63) is 23.8 Å². The van der Waals surface area contributed by atoms with Crippen molar-refractivity contribution in [2.75, 3.05) is 20.2 Å². The molecular weight excluding hydrogens is 342 g/mol. The fourth-order valence-electron chi connectivity index (χ4n) is 7.97. The van der Waals surface area contributed by atoms with E-state index in [1.165, 1.54) is 64.2 Å². The van der Waals surface area contributed by atoms with Crippen LogP contribution in [0.3, 0.4) is 0 Å². The van der Waals surface area contributed by atoms with Gasteiger partial charge in [-0.1, -0.05) is 37.6 Å². The molecule has 0 aromatic carbocycles. The standard InChI is InChI=1S/C26H43NO/c1-25-12-7-9-22(25)21-17-20(18-28)24-16-19(8-5-4-6-15-27-3)10-14-26(24,2)23(21)11-13-25/h7-8,12,20-24,27-28H,4-6,9-11,13-18H2,1-3H3/b19-8+/t20-,21?,22?,23?,24?,25-,26-/m1/s1. The smallest absolute Gasteiger partial charge is 0.0462 e. The molecular formula is C26H43NO. The van der Waals surface area contributed by atoms with Crippen LogP contribution >= 0.6 is 0 Å². The van der Waals surface area contributed by atoms with Crippen molar-refractivity contribution in [3.63, 3.8) is 0 Å². The van der Waals surface area contributed by atoms with Crippen LogP contribution in [0.5, 0.6) is 0 Å². The molecule has 0 aliphatic heterocycles. The van der Waals surface area contributed by atoms with Gasteiger partial charge in [-0.15, -0.1) is 0 Å². The van der Waals surface area contributed by atoms with Gasteiger partial charge in [0.25, 0.3) is 0 Å². The van der Waals surface area contributed by atoms with Gasteiger partial charge in [0, 0.05) is 6.61 Å². The molecule has 0 aromatic heterocycles. The Bertz CT molecular complexity index is 610. The van der Waals surface area contributed by atoms with E-state index in [4.69, 9.17) is 0 Å². The molecule has 0 aromatic rings. The summed E-state index contributed by atoms with van der Waals surface area (Å²) in [5, 5.41) is 13.6. The van der Waals surface area contributed by atoms with Gasteiger partial charge in [0.1, 0.15) is 0 Å². The van der Waals surface area contributed by atoms with Crippen LogP contribution in [-0.2, 0) is 0 Å². The number of unbranched alkanes of at least 4 members (excludes halogenated alkanes) is 2. The predicted molar refractivity (Wildman–Crippen MR) is 118 cm³/mol. The van der Waals surface area contributed by atoms with Crippen molar-refractivity contribution < 1.29 is 5.11 Å². The second-order valence-electron chi connectivity index (χ2n) is 11.0. The zero-order chi connectivity index (χ0) is 19.8. The summed E-state index contributed by atoms with van der Waals surface area (Å²) in [6, 6.07) is 0. The van der Waals surface area contributed by atoms with Crippen LogP contribution in [0.15, 0.2) is 23.8 Å². The van der Waals surface area contributed by atoms with E-state index in [0.717, 1.165) is 24.3 Å². The Kier molecular flexibility index (Phi) is 6.10. The van der Waals surface area contributed by atoms with Gasteiger partial charge in [0.15, 0.2) is 0 Å². The lowest BCUT2D eigenvalue weighted by Crippen LogP contribution is -2.55. The van der Waals surface area contributed by atoms with Gasteiger partial charge >= 0.3 is 0 Å². The number of allylic oxidation sites excluding steroid dienone is 4. The molecule has 2 N–H and O–H groups in total. The fourth-order valence-corrected chi connectivity index (χ4v) is 7.97. The highest BCUT2D eigenvalue weighted by atomic mass is 16.3. The molecule has 4 aliphatic rings. The van der Waals surface area contributed by atoms with Crippen molar-refractivity contribution in [3.8, 4) is 0 Å². The van der Waals surface area contributed by atoms with E-state index >= 15 is 0 Å². The molecule has 4 unspecified atom stereocenters. The highest BCUT2D eigenvalue weighted by Gasteiger charge is 2.58. The van der Waals surface area contributed by atoms with E-state index in [0.29, 0.717) is 29.3 Å². The maximum atomic E-state index is 10.4. The molecule has 0 spiro atoms. The number of hydrogen-bond acceptors (Lipinski definition) is 2. The Morgan fingerprint density at radius 3 is 2.82 bits per heavy atom. The molecule has 0 radical (unpaired) electrons. The average Bonchev–Trinajstić information content (AvgIpc) is 3.09. The molecule has 3 saturated carbocycles. The van der Waals surface area contributed by atoms with Crippen LogP contribution in [0.2, 0.25) is 0 Å². The lowest BCUT2D eigenvalue weighted by Gasteiger charge is -2.62. The van der Waals surface area contributed by atoms with Crippen molar-refractivity contribution in [1.29, 1.82) is 0 Å². The molecule has 0 amide bonds. The normalized spacial score (nSPS) is 46.3. The molecule has 158 valence electrons. The van der Waals surface area contributed by atoms with E-state index < -0.39 is 0 Å². The molecule has 4 aliphatic carbocycles. The minimum absolute atomic E-state index is 0.399. The summed E-state index contributed by atoms with van der Waals surface area (Å²) >= 11 is 0. The number of rotatable bonds is 6. The number of hydrogen-bond donors (Lipinski definition) is 2. The van der Waals surface area contributed by atoms with Crippen LogP contribution < -0.4 is 5.32 Å². The second kappa shape index (κ2) is 8.26. The summed E-state index contributed by atoms with van der Waals surface area (Å²) in [5.74, 6) is 3.77. The SMILES string of the molecule is CNCCCC/C=C1\CC[C@]2(C)C3CC[C@@]4(C)C=CCC4C3C[C@H](CO)C2C1. The van der Waals surface area contributed by atoms with Crippen molar-refractivity contribution in [1.82, 2.24) is 5.32 Å². The predicted octanol–water partition coefficient (Wildman–Crippen LogP) is 5.73. The second-order valence-corrected chi connectivity index (χ2v) is 11.0. The molecule has 0 bridgehead atoms. The summed E-state index contributed by atoms with van der Waals surface area (Å²) < 4.78 is 0. The molecule has 0 saturated heterocycles. The maximum absolute atomic E-state index is 10.4. The van der Waals surface area contributed by atoms with Gasteiger partial charge in [0.05, 0.1) is 0 Å². The summed E-state index contributed by atoms with van der Waals surface area (Å²) in [7, 11) is 2.04. The fraction of sp³-hybridized carbons (Fsp3) is 0.846. The minimum Gasteiger partial charge on any atom is -0.396 e. The minimum atomic E-state index is 0.399. The lowest BCUT2D eigenvalue weighted by atomic mass is 9.43. The number of aliphatic hydroxyl groups is 1. The van der Waals surface area contributed by atoms with Crippen LogP contribution in [0.1, 0.15) is 78.1 Å². The quantitative estimate of drug-likeness (QED) is 0.452. The largest absolute Gasteiger partial charge is 0.396 e. The zero-order valence-corrected chi connectivity index (χ0v) is 18.6. The number of nitrogens with one attached hydrogen (secondary N) is 1. The molecule has 0 heterocycles. The lowest BCUT2D eigenvalue weighted by molar-refractivity contribution is -0.126. The third-order valence-corrected chi connectivity index (χ3v) is 9.62. The first-order chi connectivity index (χ1) is 13.5. The van der Waals surface area contributed by atoms with Crippen molar-refractivity contribution in [2.24, 2.45) is 40.4 Å². The van der Waals surface area contributed by atoms with Gasteiger partial charge in [-0.2, -0.15) is 0 Å². The third-order valence-electron chi connectivity index (χ3n) is 9.62. The number of fused-ring (bicyclic) bond motifs is 5. The van der Waals surface area contributed by atoms with Gasteiger partial charge < -0.3 is 10.4 Å². The summed E-state index contributed by atoms with van der Waals surface area (Å²) in [6.07, 6.45) is 20.7. The third kappa shape index (κ3) is 3.54. The van der Waals surface area contributed by atoms with Crippen LogP contribution in [0, 0.1) is 40.4 Å². The van der Waals surface area contributed by atoms with Crippen molar-refractivity contribution in [2.45, 2.75) is 78.1 Å². The first-order valence-corrected chi connectivity index (χ1v) is 12.1. The van der Waals surface area contributed by atoms with E-state index in [9.17, 15) is 5.11 Å². The highest BCUT2D eigenvalue weighted by molar-refractivity contribution is 5.19. The highest BCUT2D eigenvalue weighted by Crippen LogP contribution is 2.66. The first kappa shape index (κ1) is 20.7. The van der Waals surface area contributed by atoms with E-state index in [-0.39, 0.29) is 0 Å². The van der Waals surface area contributed by atoms with Gasteiger partial charge in [-0.05, 0) is 118 Å². The Balaban J connectivity index is 1.48. The van der Waals surface area contributed by atoms with E-state index in [1.807, 2.05) is 7.05 Å². The Morgan fingerprint density at radius 2 is 2.04 bits per heavy atom. The number of aliphatic hydroxyl groups excluding tert-OH is 1. The zero-order valence-electron chi connectivity index (χ0n) is 18.6. The maximum Gasteiger partial charge on any atom is 0.0462 e. The average molecular weight is 386 g/mol. The summed E-state index contributed by atoms with van der Waals surface area (Å²) in [5.41, 5.74) is 2.59. The topological polar surface area (TPSA) is 32.3 Å². The van der Waals surface area contributed by atoms with Crippen LogP contribution in [0.4, 0.5) is 0 Å². The Hall–Kier alpha value is -0.600. The Morgan fingerprint density at radius 1 is 1.18 bits per heavy atom.